The van der Waals surface area contributed by atoms with Gasteiger partial charge in [0, 0.05) is 12.2 Å². The Morgan fingerprint density at radius 2 is 1.81 bits per heavy atom. The Morgan fingerprint density at radius 1 is 1.19 bits per heavy atom. The van der Waals surface area contributed by atoms with Crippen LogP contribution in [0.4, 0.5) is 10.5 Å². The normalized spacial score (nSPS) is 12.4. The quantitative estimate of drug-likeness (QED) is 0.374. The number of amides is 2. The Morgan fingerprint density at radius 3 is 2.31 bits per heavy atom. The summed E-state index contributed by atoms with van der Waals surface area (Å²) < 4.78 is 5.49. The maximum Gasteiger partial charge on any atom is 0.410 e. The van der Waals surface area contributed by atoms with Crippen LogP contribution >= 0.6 is 0 Å². The van der Waals surface area contributed by atoms with E-state index in [-0.39, 0.29) is 6.54 Å². The lowest BCUT2D eigenvalue weighted by Crippen LogP contribution is -2.51. The van der Waals surface area contributed by atoms with E-state index in [2.05, 4.69) is 24.6 Å². The van der Waals surface area contributed by atoms with E-state index in [1.165, 1.54) is 0 Å². The zero-order chi connectivity index (χ0) is 19.7. The van der Waals surface area contributed by atoms with Crippen LogP contribution in [0.5, 0.6) is 0 Å². The number of nitrogens with one attached hydrogen (secondary N) is 2. The molecule has 7 nitrogen and oxygen atoms in total. The van der Waals surface area contributed by atoms with Crippen molar-refractivity contribution in [3.05, 3.63) is 30.3 Å². The van der Waals surface area contributed by atoms with Crippen molar-refractivity contribution in [1.82, 2.24) is 10.3 Å². The highest BCUT2D eigenvalue weighted by atomic mass is 16.6. The van der Waals surface area contributed by atoms with E-state index in [4.69, 9.17) is 10.6 Å². The van der Waals surface area contributed by atoms with Crippen molar-refractivity contribution >= 4 is 17.7 Å². The van der Waals surface area contributed by atoms with Crippen molar-refractivity contribution in [2.45, 2.75) is 52.7 Å². The molecule has 0 bridgehead atoms. The van der Waals surface area contributed by atoms with E-state index in [0.717, 1.165) is 12.1 Å². The van der Waals surface area contributed by atoms with Gasteiger partial charge in [-0.15, -0.1) is 0 Å². The van der Waals surface area contributed by atoms with E-state index >= 15 is 0 Å². The topological polar surface area (TPSA) is 96.7 Å². The Balaban J connectivity index is 2.93. The number of hydrogen-bond acceptors (Lipinski definition) is 5. The Bertz CT molecular complexity index is 570. The molecule has 0 heterocycles. The average Bonchev–Trinajstić information content (AvgIpc) is 2.55. The van der Waals surface area contributed by atoms with Crippen LogP contribution < -0.4 is 16.6 Å². The number of anilines is 1. The molecule has 7 heteroatoms. The molecule has 0 aliphatic carbocycles. The molecule has 0 unspecified atom stereocenters. The lowest BCUT2D eigenvalue weighted by Gasteiger charge is -2.30. The number of rotatable bonds is 8. The number of para-hydroxylation sites is 1. The van der Waals surface area contributed by atoms with Gasteiger partial charge in [-0.05, 0) is 45.2 Å². The van der Waals surface area contributed by atoms with E-state index in [1.807, 2.05) is 51.1 Å². The zero-order valence-corrected chi connectivity index (χ0v) is 16.4. The standard InChI is InChI=1S/C19H32N4O3/c1-14(2)11-12-23(18(25)26-19(3,4)5)13-16(17(24)22-20)21-15-9-7-6-8-10-15/h6-10,14,16,21H,11-13,20H2,1-5H3,(H,22,24)/t16-/m0/s1. The molecule has 1 rings (SSSR count). The van der Waals surface area contributed by atoms with E-state index < -0.39 is 23.6 Å². The fourth-order valence-electron chi connectivity index (χ4n) is 2.25. The van der Waals surface area contributed by atoms with Crippen LogP contribution in [0.2, 0.25) is 0 Å². The van der Waals surface area contributed by atoms with Gasteiger partial charge in [0.2, 0.25) is 0 Å². The first-order valence-corrected chi connectivity index (χ1v) is 8.92. The molecular weight excluding hydrogens is 332 g/mol. The molecule has 0 aliphatic heterocycles. The maximum atomic E-state index is 12.6. The third-order valence-electron chi connectivity index (χ3n) is 3.60. The van der Waals surface area contributed by atoms with Crippen molar-refractivity contribution in [2.75, 3.05) is 18.4 Å². The van der Waals surface area contributed by atoms with Crippen molar-refractivity contribution < 1.29 is 14.3 Å². The molecule has 1 aromatic rings. The average molecular weight is 364 g/mol. The van der Waals surface area contributed by atoms with Crippen molar-refractivity contribution in [2.24, 2.45) is 11.8 Å². The maximum absolute atomic E-state index is 12.6. The minimum atomic E-state index is -0.693. The van der Waals surface area contributed by atoms with Gasteiger partial charge in [0.15, 0.2) is 0 Å². The molecule has 0 radical (unpaired) electrons. The third-order valence-corrected chi connectivity index (χ3v) is 3.60. The number of nitrogens with two attached hydrogens (primary N) is 1. The Labute approximate surface area is 156 Å². The monoisotopic (exact) mass is 364 g/mol. The van der Waals surface area contributed by atoms with Gasteiger partial charge in [0.25, 0.3) is 5.91 Å². The zero-order valence-electron chi connectivity index (χ0n) is 16.4. The smallest absolute Gasteiger partial charge is 0.410 e. The minimum Gasteiger partial charge on any atom is -0.444 e. The predicted molar refractivity (Wildman–Crippen MR) is 103 cm³/mol. The molecule has 0 saturated carbocycles. The summed E-state index contributed by atoms with van der Waals surface area (Å²) in [6.45, 7) is 10.3. The van der Waals surface area contributed by atoms with Crippen LogP contribution in [0.1, 0.15) is 41.0 Å². The highest BCUT2D eigenvalue weighted by Crippen LogP contribution is 2.14. The number of hydrogen-bond donors (Lipinski definition) is 3. The third kappa shape index (κ3) is 8.20. The van der Waals surface area contributed by atoms with Gasteiger partial charge in [-0.2, -0.15) is 0 Å². The number of hydrazine groups is 1. The van der Waals surface area contributed by atoms with E-state index in [1.54, 1.807) is 4.90 Å². The van der Waals surface area contributed by atoms with Crippen molar-refractivity contribution in [3.8, 4) is 0 Å². The summed E-state index contributed by atoms with van der Waals surface area (Å²) >= 11 is 0. The molecule has 26 heavy (non-hydrogen) atoms. The largest absolute Gasteiger partial charge is 0.444 e. The number of benzene rings is 1. The summed E-state index contributed by atoms with van der Waals surface area (Å²) in [5.74, 6) is 5.35. The lowest BCUT2D eigenvalue weighted by atomic mass is 10.1. The molecule has 2 amide bonds. The Hall–Kier alpha value is -2.28. The van der Waals surface area contributed by atoms with Crippen LogP contribution in [0.15, 0.2) is 30.3 Å². The summed E-state index contributed by atoms with van der Waals surface area (Å²) in [5, 5.41) is 3.12. The van der Waals surface area contributed by atoms with Gasteiger partial charge >= 0.3 is 6.09 Å². The summed E-state index contributed by atoms with van der Waals surface area (Å²) in [5.41, 5.74) is 2.33. The molecule has 0 aliphatic rings. The van der Waals surface area contributed by atoms with Gasteiger partial charge in [-0.1, -0.05) is 32.0 Å². The first kappa shape index (κ1) is 21.8. The molecular formula is C19H32N4O3. The SMILES string of the molecule is CC(C)CCN(C[C@H](Nc1ccccc1)C(=O)NN)C(=O)OC(C)(C)C. The molecule has 0 fully saturated rings. The molecule has 4 N–H and O–H groups in total. The molecule has 146 valence electrons. The van der Waals surface area contributed by atoms with Crippen LogP contribution in [0.3, 0.4) is 0 Å². The van der Waals surface area contributed by atoms with E-state index in [0.29, 0.717) is 12.5 Å². The number of carbonyl (C=O) groups excluding carboxylic acids is 2. The van der Waals surface area contributed by atoms with Crippen LogP contribution in [-0.4, -0.2) is 41.6 Å². The molecule has 1 atom stereocenters. The summed E-state index contributed by atoms with van der Waals surface area (Å²) in [4.78, 5) is 26.4. The van der Waals surface area contributed by atoms with Gasteiger partial charge in [0.05, 0.1) is 6.54 Å². The van der Waals surface area contributed by atoms with Gasteiger partial charge in [0.1, 0.15) is 11.6 Å². The second-order valence-electron chi connectivity index (χ2n) is 7.68. The first-order valence-electron chi connectivity index (χ1n) is 8.92. The number of nitrogens with zero attached hydrogens (tertiary/aromatic N) is 1. The molecule has 0 aromatic heterocycles. The minimum absolute atomic E-state index is 0.152. The van der Waals surface area contributed by atoms with Crippen molar-refractivity contribution in [1.29, 1.82) is 0 Å². The number of carbonyl (C=O) groups is 2. The second kappa shape index (κ2) is 10.0. The van der Waals surface area contributed by atoms with Crippen molar-refractivity contribution in [3.63, 3.8) is 0 Å². The fourth-order valence-corrected chi connectivity index (χ4v) is 2.25. The molecule has 1 aromatic carbocycles. The van der Waals surface area contributed by atoms with Crippen LogP contribution in [-0.2, 0) is 9.53 Å². The van der Waals surface area contributed by atoms with Gasteiger partial charge < -0.3 is 15.0 Å². The first-order chi connectivity index (χ1) is 12.1. The Kier molecular flexibility index (Phi) is 8.38. The fraction of sp³-hybridized carbons (Fsp3) is 0.579. The lowest BCUT2D eigenvalue weighted by molar-refractivity contribution is -0.122. The second-order valence-corrected chi connectivity index (χ2v) is 7.68. The van der Waals surface area contributed by atoms with E-state index in [9.17, 15) is 9.59 Å². The van der Waals surface area contributed by atoms with Gasteiger partial charge in [-0.3, -0.25) is 10.2 Å². The van der Waals surface area contributed by atoms with Gasteiger partial charge in [-0.25, -0.2) is 10.6 Å². The highest BCUT2D eigenvalue weighted by molar-refractivity contribution is 5.85. The summed E-state index contributed by atoms with van der Waals surface area (Å²) in [6.07, 6.45) is 0.365. The van der Waals surface area contributed by atoms with Crippen LogP contribution in [0, 0.1) is 5.92 Å². The molecule has 0 saturated heterocycles. The molecule has 0 spiro atoms. The number of ether oxygens (including phenoxy) is 1. The predicted octanol–water partition coefficient (Wildman–Crippen LogP) is 2.74. The summed E-state index contributed by atoms with van der Waals surface area (Å²) in [7, 11) is 0. The highest BCUT2D eigenvalue weighted by Gasteiger charge is 2.27. The summed E-state index contributed by atoms with van der Waals surface area (Å²) in [6, 6.07) is 8.63. The van der Waals surface area contributed by atoms with Crippen LogP contribution in [0.25, 0.3) is 0 Å².